The highest BCUT2D eigenvalue weighted by Gasteiger charge is 2.28. The molecule has 3 aromatic rings. The van der Waals surface area contributed by atoms with E-state index < -0.39 is 10.0 Å². The Hall–Kier alpha value is -3.12. The molecule has 0 atom stereocenters. The van der Waals surface area contributed by atoms with Crippen LogP contribution in [0, 0.1) is 13.8 Å². The lowest BCUT2D eigenvalue weighted by atomic mass is 10.0. The van der Waals surface area contributed by atoms with Gasteiger partial charge in [0.25, 0.3) is 10.0 Å². The largest absolute Gasteiger partial charge is 0.324 e. The second kappa shape index (κ2) is 10.0. The third kappa shape index (κ3) is 5.02. The summed E-state index contributed by atoms with van der Waals surface area (Å²) in [6, 6.07) is 19.8. The number of benzene rings is 3. The second-order valence-electron chi connectivity index (χ2n) is 7.82. The van der Waals surface area contributed by atoms with Crippen LogP contribution in [0.5, 0.6) is 0 Å². The number of sulfonamides is 1. The molecule has 32 heavy (non-hydrogen) atoms. The lowest BCUT2D eigenvalue weighted by molar-refractivity contribution is -0.114. The first-order valence-electron chi connectivity index (χ1n) is 10.8. The molecule has 0 spiro atoms. The zero-order valence-electron chi connectivity index (χ0n) is 19.1. The number of hydrogen-bond acceptors (Lipinski definition) is 3. The third-order valence-corrected chi connectivity index (χ3v) is 7.29. The van der Waals surface area contributed by atoms with Gasteiger partial charge in [-0.25, -0.2) is 8.42 Å². The van der Waals surface area contributed by atoms with E-state index in [1.165, 1.54) is 4.31 Å². The van der Waals surface area contributed by atoms with E-state index >= 15 is 0 Å². The van der Waals surface area contributed by atoms with Crippen LogP contribution in [0.25, 0.3) is 0 Å². The van der Waals surface area contributed by atoms with Crippen molar-refractivity contribution in [2.75, 3.05) is 16.2 Å². The van der Waals surface area contributed by atoms with E-state index in [-0.39, 0.29) is 17.3 Å². The summed E-state index contributed by atoms with van der Waals surface area (Å²) in [5, 5.41) is 2.99. The second-order valence-corrected chi connectivity index (χ2v) is 9.68. The molecule has 0 saturated carbocycles. The number of hydrogen-bond donors (Lipinski definition) is 1. The van der Waals surface area contributed by atoms with E-state index in [9.17, 15) is 13.2 Å². The van der Waals surface area contributed by atoms with Gasteiger partial charge in [0.1, 0.15) is 6.54 Å². The molecule has 0 heterocycles. The molecule has 168 valence electrons. The average Bonchev–Trinajstić information content (AvgIpc) is 2.79. The van der Waals surface area contributed by atoms with Crippen molar-refractivity contribution >= 4 is 27.3 Å². The maximum atomic E-state index is 13.6. The zero-order chi connectivity index (χ0) is 23.3. The van der Waals surface area contributed by atoms with E-state index in [0.29, 0.717) is 5.69 Å². The molecule has 3 rings (SSSR count). The molecule has 1 N–H and O–H groups in total. The molecule has 0 aliphatic rings. The van der Waals surface area contributed by atoms with Crippen molar-refractivity contribution in [1.82, 2.24) is 0 Å². The van der Waals surface area contributed by atoms with Crippen molar-refractivity contribution in [3.05, 3.63) is 89.0 Å². The summed E-state index contributed by atoms with van der Waals surface area (Å²) >= 11 is 0. The number of aryl methyl sites for hydroxylation is 4. The van der Waals surface area contributed by atoms with Gasteiger partial charge in [0, 0.05) is 5.69 Å². The van der Waals surface area contributed by atoms with Crippen LogP contribution in [0.15, 0.2) is 71.6 Å². The highest BCUT2D eigenvalue weighted by molar-refractivity contribution is 7.92. The van der Waals surface area contributed by atoms with Gasteiger partial charge < -0.3 is 5.32 Å². The van der Waals surface area contributed by atoms with E-state index in [2.05, 4.69) is 5.32 Å². The Morgan fingerprint density at radius 3 is 2.09 bits per heavy atom. The van der Waals surface area contributed by atoms with Gasteiger partial charge in [0.05, 0.1) is 10.6 Å². The fourth-order valence-corrected chi connectivity index (χ4v) is 5.22. The van der Waals surface area contributed by atoms with Gasteiger partial charge in [0.2, 0.25) is 5.91 Å². The number of amides is 1. The third-order valence-electron chi connectivity index (χ3n) is 5.52. The van der Waals surface area contributed by atoms with Gasteiger partial charge in [-0.15, -0.1) is 0 Å². The SMILES string of the molecule is CCc1cccc(CC)c1NC(=O)CN(c1cc(C)ccc1C)S(=O)(=O)c1ccccc1. The predicted octanol–water partition coefficient (Wildman–Crippen LogP) is 5.26. The van der Waals surface area contributed by atoms with Crippen LogP contribution in [0.3, 0.4) is 0 Å². The summed E-state index contributed by atoms with van der Waals surface area (Å²) in [4.78, 5) is 13.3. The summed E-state index contributed by atoms with van der Waals surface area (Å²) in [7, 11) is -3.94. The molecule has 1 amide bonds. The number of nitrogens with zero attached hydrogens (tertiary/aromatic N) is 1. The predicted molar refractivity (Wildman–Crippen MR) is 131 cm³/mol. The Morgan fingerprint density at radius 2 is 1.50 bits per heavy atom. The van der Waals surface area contributed by atoms with Crippen LogP contribution in [0.4, 0.5) is 11.4 Å². The minimum absolute atomic E-state index is 0.150. The summed E-state index contributed by atoms with van der Waals surface area (Å²) in [5.41, 5.74) is 5.04. The van der Waals surface area contributed by atoms with E-state index in [0.717, 1.165) is 40.8 Å². The fourth-order valence-electron chi connectivity index (χ4n) is 3.72. The molecular weight excluding hydrogens is 420 g/mol. The zero-order valence-corrected chi connectivity index (χ0v) is 19.9. The first kappa shape index (κ1) is 23.5. The minimum atomic E-state index is -3.94. The highest BCUT2D eigenvalue weighted by Crippen LogP contribution is 2.28. The monoisotopic (exact) mass is 450 g/mol. The first-order valence-corrected chi connectivity index (χ1v) is 12.3. The number of carbonyl (C=O) groups is 1. The Labute approximate surface area is 191 Å². The maximum Gasteiger partial charge on any atom is 0.264 e. The Bertz CT molecular complexity index is 1180. The normalized spacial score (nSPS) is 11.2. The summed E-state index contributed by atoms with van der Waals surface area (Å²) in [5.74, 6) is -0.374. The van der Waals surface area contributed by atoms with Gasteiger partial charge in [-0.3, -0.25) is 9.10 Å². The van der Waals surface area contributed by atoms with Crippen molar-refractivity contribution in [3.8, 4) is 0 Å². The van der Waals surface area contributed by atoms with Crippen LogP contribution in [0.2, 0.25) is 0 Å². The van der Waals surface area contributed by atoms with Gasteiger partial charge in [-0.05, 0) is 67.1 Å². The Kier molecular flexibility index (Phi) is 7.36. The lowest BCUT2D eigenvalue weighted by Crippen LogP contribution is -2.38. The first-order chi connectivity index (χ1) is 15.3. The number of carbonyl (C=O) groups excluding carboxylic acids is 1. The molecule has 0 aliphatic heterocycles. The molecule has 0 saturated heterocycles. The van der Waals surface area contributed by atoms with Gasteiger partial charge >= 0.3 is 0 Å². The lowest BCUT2D eigenvalue weighted by Gasteiger charge is -2.26. The van der Waals surface area contributed by atoms with Crippen molar-refractivity contribution in [1.29, 1.82) is 0 Å². The molecule has 0 fully saturated rings. The van der Waals surface area contributed by atoms with Crippen LogP contribution >= 0.6 is 0 Å². The van der Waals surface area contributed by atoms with E-state index in [4.69, 9.17) is 0 Å². The van der Waals surface area contributed by atoms with Gasteiger partial charge in [0.15, 0.2) is 0 Å². The van der Waals surface area contributed by atoms with Crippen LogP contribution in [0.1, 0.15) is 36.1 Å². The molecule has 3 aromatic carbocycles. The Morgan fingerprint density at radius 1 is 0.875 bits per heavy atom. The van der Waals surface area contributed by atoms with Crippen LogP contribution in [-0.2, 0) is 27.7 Å². The molecule has 0 unspecified atom stereocenters. The Balaban J connectivity index is 2.02. The molecule has 6 heteroatoms. The van der Waals surface area contributed by atoms with Crippen molar-refractivity contribution in [3.63, 3.8) is 0 Å². The number of nitrogens with one attached hydrogen (secondary N) is 1. The number of anilines is 2. The highest BCUT2D eigenvalue weighted by atomic mass is 32.2. The van der Waals surface area contributed by atoms with Crippen LogP contribution < -0.4 is 9.62 Å². The standard InChI is InChI=1S/C26H30N2O3S/c1-5-21-11-10-12-22(6-2)26(21)27-25(29)18-28(24-17-19(3)15-16-20(24)4)32(30,31)23-13-8-7-9-14-23/h7-17H,5-6,18H2,1-4H3,(H,27,29). The molecule has 5 nitrogen and oxygen atoms in total. The summed E-state index contributed by atoms with van der Waals surface area (Å²) < 4.78 is 28.4. The smallest absolute Gasteiger partial charge is 0.264 e. The summed E-state index contributed by atoms with van der Waals surface area (Å²) in [6.07, 6.45) is 1.54. The van der Waals surface area contributed by atoms with Gasteiger partial charge in [-0.2, -0.15) is 0 Å². The van der Waals surface area contributed by atoms with E-state index in [1.54, 1.807) is 36.4 Å². The molecule has 0 radical (unpaired) electrons. The fraction of sp³-hybridized carbons (Fsp3) is 0.269. The molecular formula is C26H30N2O3S. The molecule has 0 bridgehead atoms. The number of rotatable bonds is 8. The molecule has 0 aliphatic carbocycles. The quantitative estimate of drug-likeness (QED) is 0.509. The topological polar surface area (TPSA) is 66.5 Å². The number of para-hydroxylation sites is 1. The van der Waals surface area contributed by atoms with Crippen molar-refractivity contribution < 1.29 is 13.2 Å². The van der Waals surface area contributed by atoms with Gasteiger partial charge in [-0.1, -0.05) is 62.4 Å². The average molecular weight is 451 g/mol. The maximum absolute atomic E-state index is 13.6. The molecule has 0 aromatic heterocycles. The summed E-state index contributed by atoms with van der Waals surface area (Å²) in [6.45, 7) is 7.51. The van der Waals surface area contributed by atoms with Crippen molar-refractivity contribution in [2.45, 2.75) is 45.4 Å². The minimum Gasteiger partial charge on any atom is -0.324 e. The van der Waals surface area contributed by atoms with Crippen molar-refractivity contribution in [2.24, 2.45) is 0 Å². The van der Waals surface area contributed by atoms with E-state index in [1.807, 2.05) is 58.0 Å². The van der Waals surface area contributed by atoms with Crippen LogP contribution in [-0.4, -0.2) is 20.9 Å².